The predicted octanol–water partition coefficient (Wildman–Crippen LogP) is 4.84. The monoisotopic (exact) mass is 416 g/mol. The first-order chi connectivity index (χ1) is 11.2. The average Bonchev–Trinajstić information content (AvgIpc) is 2.48. The molecule has 0 aliphatic carbocycles. The zero-order valence-electron chi connectivity index (χ0n) is 14.6. The van der Waals surface area contributed by atoms with Gasteiger partial charge in [0.25, 0.3) is 0 Å². The molecule has 0 unspecified atom stereocenters. The van der Waals surface area contributed by atoms with E-state index in [1.165, 1.54) is 5.56 Å². The summed E-state index contributed by atoms with van der Waals surface area (Å²) >= 11 is 9.50. The summed E-state index contributed by atoms with van der Waals surface area (Å²) in [6, 6.07) is 5.85. The molecular weight excluding hydrogens is 392 g/mol. The van der Waals surface area contributed by atoms with Crippen molar-refractivity contribution in [1.29, 1.82) is 0 Å². The molecule has 1 heterocycles. The summed E-state index contributed by atoms with van der Waals surface area (Å²) in [6.45, 7) is 9.00. The number of hydrogen-bond donors (Lipinski definition) is 1. The van der Waals surface area contributed by atoms with Crippen LogP contribution in [-0.4, -0.2) is 36.2 Å². The lowest BCUT2D eigenvalue weighted by molar-refractivity contribution is 0.0184. The zero-order valence-corrected chi connectivity index (χ0v) is 16.9. The van der Waals surface area contributed by atoms with Gasteiger partial charge in [-0.2, -0.15) is 0 Å². The molecule has 1 amide bonds. The number of likely N-dealkylation sites (tertiary alicyclic amines) is 1. The van der Waals surface area contributed by atoms with Crippen LogP contribution in [0.15, 0.2) is 22.7 Å². The van der Waals surface area contributed by atoms with Gasteiger partial charge in [0.05, 0.1) is 0 Å². The second kappa shape index (κ2) is 8.54. The van der Waals surface area contributed by atoms with Crippen LogP contribution in [0.25, 0.3) is 0 Å². The topological polar surface area (TPSA) is 41.6 Å². The molecule has 0 saturated carbocycles. The Hall–Kier alpha value is -0.780. The van der Waals surface area contributed by atoms with Crippen molar-refractivity contribution < 1.29 is 9.53 Å². The summed E-state index contributed by atoms with van der Waals surface area (Å²) < 4.78 is 6.46. The number of amides is 1. The van der Waals surface area contributed by atoms with Crippen LogP contribution in [0.1, 0.15) is 39.2 Å². The number of ether oxygens (including phenoxy) is 1. The smallest absolute Gasteiger partial charge is 0.410 e. The minimum atomic E-state index is -0.429. The molecular formula is C18H26BrClN2O2. The number of carbonyl (C=O) groups is 1. The van der Waals surface area contributed by atoms with E-state index in [-0.39, 0.29) is 6.09 Å². The highest BCUT2D eigenvalue weighted by molar-refractivity contribution is 9.10. The highest BCUT2D eigenvalue weighted by atomic mass is 79.9. The lowest BCUT2D eigenvalue weighted by atomic mass is 9.97. The van der Waals surface area contributed by atoms with Crippen LogP contribution in [0.2, 0.25) is 5.02 Å². The quantitative estimate of drug-likeness (QED) is 0.762. The van der Waals surface area contributed by atoms with Crippen LogP contribution in [0, 0.1) is 5.92 Å². The van der Waals surface area contributed by atoms with Crippen molar-refractivity contribution in [3.8, 4) is 0 Å². The number of hydrogen-bond acceptors (Lipinski definition) is 3. The fourth-order valence-electron chi connectivity index (χ4n) is 2.72. The molecule has 1 fully saturated rings. The molecule has 134 valence electrons. The van der Waals surface area contributed by atoms with Crippen molar-refractivity contribution in [3.63, 3.8) is 0 Å². The lowest BCUT2D eigenvalue weighted by Gasteiger charge is -2.33. The molecule has 0 aromatic heterocycles. The fourth-order valence-corrected chi connectivity index (χ4v) is 3.55. The number of benzene rings is 1. The minimum absolute atomic E-state index is 0.195. The predicted molar refractivity (Wildman–Crippen MR) is 101 cm³/mol. The number of rotatable bonds is 4. The highest BCUT2D eigenvalue weighted by Gasteiger charge is 2.26. The van der Waals surface area contributed by atoms with Gasteiger partial charge in [-0.25, -0.2) is 4.79 Å². The first kappa shape index (κ1) is 19.5. The summed E-state index contributed by atoms with van der Waals surface area (Å²) in [7, 11) is 0. The maximum atomic E-state index is 12.1. The molecule has 2 rings (SSSR count). The molecule has 0 radical (unpaired) electrons. The van der Waals surface area contributed by atoms with E-state index in [1.54, 1.807) is 0 Å². The summed E-state index contributed by atoms with van der Waals surface area (Å²) in [5.74, 6) is 0.592. The maximum Gasteiger partial charge on any atom is 0.410 e. The second-order valence-electron chi connectivity index (χ2n) is 7.28. The zero-order chi connectivity index (χ0) is 17.7. The van der Waals surface area contributed by atoms with E-state index < -0.39 is 5.60 Å². The Morgan fingerprint density at radius 1 is 1.38 bits per heavy atom. The molecule has 1 aliphatic heterocycles. The van der Waals surface area contributed by atoms with Crippen molar-refractivity contribution in [1.82, 2.24) is 10.2 Å². The standard InChI is InChI=1S/C18H26BrClN2O2/c1-18(2,3)24-17(23)22-8-6-13(7-9-22)11-21-12-14-4-5-15(20)10-16(14)19/h4-5,10,13,21H,6-9,11-12H2,1-3H3. The van der Waals surface area contributed by atoms with Crippen molar-refractivity contribution in [2.75, 3.05) is 19.6 Å². The molecule has 4 nitrogen and oxygen atoms in total. The largest absolute Gasteiger partial charge is 0.444 e. The third-order valence-corrected chi connectivity index (χ3v) is 5.00. The Morgan fingerprint density at radius 2 is 2.04 bits per heavy atom. The minimum Gasteiger partial charge on any atom is -0.444 e. The van der Waals surface area contributed by atoms with Crippen LogP contribution in [-0.2, 0) is 11.3 Å². The van der Waals surface area contributed by atoms with E-state index in [9.17, 15) is 4.79 Å². The van der Waals surface area contributed by atoms with Crippen LogP contribution >= 0.6 is 27.5 Å². The Labute approximate surface area is 158 Å². The third kappa shape index (κ3) is 6.26. The van der Waals surface area contributed by atoms with Crippen molar-refractivity contribution in [3.05, 3.63) is 33.3 Å². The van der Waals surface area contributed by atoms with Gasteiger partial charge >= 0.3 is 6.09 Å². The third-order valence-electron chi connectivity index (χ3n) is 4.03. The fraction of sp³-hybridized carbons (Fsp3) is 0.611. The summed E-state index contributed by atoms with van der Waals surface area (Å²) in [5, 5.41) is 4.24. The number of carbonyl (C=O) groups excluding carboxylic acids is 1. The molecule has 6 heteroatoms. The van der Waals surface area contributed by atoms with Gasteiger partial charge in [0.1, 0.15) is 5.60 Å². The molecule has 0 bridgehead atoms. The molecule has 1 aliphatic rings. The van der Waals surface area contributed by atoms with Gasteiger partial charge in [0.2, 0.25) is 0 Å². The Bertz CT molecular complexity index is 567. The lowest BCUT2D eigenvalue weighted by Crippen LogP contribution is -2.43. The van der Waals surface area contributed by atoms with Crippen LogP contribution in [0.4, 0.5) is 4.79 Å². The summed E-state index contributed by atoms with van der Waals surface area (Å²) in [4.78, 5) is 13.9. The van der Waals surface area contributed by atoms with Gasteiger partial charge in [0, 0.05) is 29.1 Å². The van der Waals surface area contributed by atoms with Gasteiger partial charge in [0.15, 0.2) is 0 Å². The molecule has 1 aromatic carbocycles. The van der Waals surface area contributed by atoms with Gasteiger partial charge < -0.3 is 15.0 Å². The highest BCUT2D eigenvalue weighted by Crippen LogP contribution is 2.22. The van der Waals surface area contributed by atoms with Crippen LogP contribution < -0.4 is 5.32 Å². The first-order valence-electron chi connectivity index (χ1n) is 8.37. The normalized spacial score (nSPS) is 16.3. The van der Waals surface area contributed by atoms with E-state index in [0.717, 1.165) is 48.5 Å². The average molecular weight is 418 g/mol. The molecule has 1 saturated heterocycles. The Kier molecular flexibility index (Phi) is 6.96. The van der Waals surface area contributed by atoms with Crippen molar-refractivity contribution in [2.45, 2.75) is 45.8 Å². The Balaban J connectivity index is 1.70. The molecule has 1 N–H and O–H groups in total. The van der Waals surface area contributed by atoms with Crippen LogP contribution in [0.5, 0.6) is 0 Å². The maximum absolute atomic E-state index is 12.1. The Morgan fingerprint density at radius 3 is 2.62 bits per heavy atom. The van der Waals surface area contributed by atoms with Gasteiger partial charge in [-0.3, -0.25) is 0 Å². The summed E-state index contributed by atoms with van der Waals surface area (Å²) in [6.07, 6.45) is 1.82. The van der Waals surface area contributed by atoms with Gasteiger partial charge in [-0.05, 0) is 63.8 Å². The second-order valence-corrected chi connectivity index (χ2v) is 8.57. The van der Waals surface area contributed by atoms with Crippen LogP contribution in [0.3, 0.4) is 0 Å². The number of nitrogens with one attached hydrogen (secondary N) is 1. The molecule has 0 atom stereocenters. The SMILES string of the molecule is CC(C)(C)OC(=O)N1CCC(CNCc2ccc(Cl)cc2Br)CC1. The molecule has 0 spiro atoms. The van der Waals surface area contributed by atoms with Gasteiger partial charge in [-0.15, -0.1) is 0 Å². The first-order valence-corrected chi connectivity index (χ1v) is 9.54. The van der Waals surface area contributed by atoms with E-state index in [1.807, 2.05) is 43.9 Å². The van der Waals surface area contributed by atoms with E-state index >= 15 is 0 Å². The van der Waals surface area contributed by atoms with E-state index in [4.69, 9.17) is 16.3 Å². The van der Waals surface area contributed by atoms with Gasteiger partial charge in [-0.1, -0.05) is 33.6 Å². The van der Waals surface area contributed by atoms with Crippen molar-refractivity contribution in [2.24, 2.45) is 5.92 Å². The number of halogens is 2. The molecule has 24 heavy (non-hydrogen) atoms. The van der Waals surface area contributed by atoms with Crippen molar-refractivity contribution >= 4 is 33.6 Å². The van der Waals surface area contributed by atoms with E-state index in [0.29, 0.717) is 5.92 Å². The number of piperidine rings is 1. The number of nitrogens with zero attached hydrogens (tertiary/aromatic N) is 1. The summed E-state index contributed by atoms with van der Waals surface area (Å²) in [5.41, 5.74) is 0.771. The van der Waals surface area contributed by atoms with E-state index in [2.05, 4.69) is 21.2 Å². The molecule has 1 aromatic rings.